The van der Waals surface area contributed by atoms with E-state index in [-0.39, 0.29) is 11.5 Å². The summed E-state index contributed by atoms with van der Waals surface area (Å²) in [6.07, 6.45) is 6.82. The Labute approximate surface area is 211 Å². The molecular weight excluding hydrogens is 626 g/mol. The fourth-order valence-corrected chi connectivity index (χ4v) is 9.05. The van der Waals surface area contributed by atoms with Gasteiger partial charge in [-0.1, -0.05) is 4.49 Å². The Balaban J connectivity index is 1.82. The van der Waals surface area contributed by atoms with Crippen LogP contribution < -0.4 is 13.5 Å². The summed E-state index contributed by atoms with van der Waals surface area (Å²) in [5, 5.41) is 0. The summed E-state index contributed by atoms with van der Waals surface area (Å²) < 4.78 is 90.0. The number of rotatable bonds is 2. The molecule has 0 bridgehead atoms. The quantitative estimate of drug-likeness (QED) is 0.358. The Morgan fingerprint density at radius 3 is 1.65 bits per heavy atom. The van der Waals surface area contributed by atoms with Gasteiger partial charge in [0.25, 0.3) is 0 Å². The predicted octanol–water partition coefficient (Wildman–Crippen LogP) is 6.95. The van der Waals surface area contributed by atoms with Crippen molar-refractivity contribution in [1.82, 2.24) is 4.49 Å². The van der Waals surface area contributed by atoms with Crippen LogP contribution >= 0.6 is 39.6 Å². The van der Waals surface area contributed by atoms with Crippen molar-refractivity contribution < 1.29 is 35.2 Å². The van der Waals surface area contributed by atoms with E-state index in [0.29, 0.717) is 32.9 Å². The van der Waals surface area contributed by atoms with Gasteiger partial charge >= 0.3 is 23.3 Å². The number of benzene rings is 2. The fraction of sp³-hybridized carbons (Fsp3) is 0.429. The van der Waals surface area contributed by atoms with E-state index in [1.807, 2.05) is 0 Å². The van der Waals surface area contributed by atoms with Crippen molar-refractivity contribution in [3.63, 3.8) is 0 Å². The molecule has 0 radical (unpaired) electrons. The number of fused-ring (bicyclic) bond motifs is 7. The van der Waals surface area contributed by atoms with Gasteiger partial charge in [-0.05, 0) is 118 Å². The molecule has 0 amide bonds. The van der Waals surface area contributed by atoms with Gasteiger partial charge in [0, 0.05) is 11.1 Å². The van der Waals surface area contributed by atoms with Crippen LogP contribution in [0.25, 0.3) is 11.1 Å². The Morgan fingerprint density at radius 1 is 0.824 bits per heavy atom. The first-order valence-corrected chi connectivity index (χ1v) is 15.3. The summed E-state index contributed by atoms with van der Waals surface area (Å²) in [7, 11) is -11.1. The topological polar surface area (TPSA) is 81.7 Å². The molecule has 0 atom stereocenters. The zero-order valence-corrected chi connectivity index (χ0v) is 22.5. The van der Waals surface area contributed by atoms with Crippen LogP contribution in [0, 0.1) is 0 Å². The van der Waals surface area contributed by atoms with E-state index in [9.17, 15) is 26.2 Å². The minimum absolute atomic E-state index is 0.0125. The van der Waals surface area contributed by atoms with Crippen LogP contribution in [0.4, 0.5) is 13.2 Å². The molecule has 1 heterocycles. The number of hydrogen-bond donors (Lipinski definition) is 1. The van der Waals surface area contributed by atoms with Crippen LogP contribution in [-0.2, 0) is 40.3 Å². The van der Waals surface area contributed by atoms with E-state index in [1.54, 1.807) is 12.1 Å². The van der Waals surface area contributed by atoms with Gasteiger partial charge in [0.15, 0.2) is 11.5 Å². The summed E-state index contributed by atoms with van der Waals surface area (Å²) >= 11 is 6.84. The highest BCUT2D eigenvalue weighted by Crippen LogP contribution is 2.61. The van der Waals surface area contributed by atoms with Crippen LogP contribution in [0.3, 0.4) is 0 Å². The minimum Gasteiger partial charge on any atom is -0.402 e. The maximum absolute atomic E-state index is 13.6. The van der Waals surface area contributed by atoms with Gasteiger partial charge in [0.05, 0.1) is 8.95 Å². The maximum Gasteiger partial charge on any atom is 0.526 e. The Hall–Kier alpha value is -1.07. The molecule has 2 aromatic carbocycles. The van der Waals surface area contributed by atoms with Gasteiger partial charge in [0.2, 0.25) is 0 Å². The molecule has 0 fully saturated rings. The average molecular weight is 645 g/mol. The van der Waals surface area contributed by atoms with Crippen molar-refractivity contribution in [2.24, 2.45) is 0 Å². The number of halogens is 5. The van der Waals surface area contributed by atoms with E-state index in [4.69, 9.17) is 9.05 Å². The van der Waals surface area contributed by atoms with Crippen molar-refractivity contribution in [3.8, 4) is 22.6 Å². The lowest BCUT2D eigenvalue weighted by atomic mass is 9.80. The molecule has 13 heteroatoms. The third-order valence-electron chi connectivity index (χ3n) is 6.32. The van der Waals surface area contributed by atoms with Crippen molar-refractivity contribution >= 4 is 49.6 Å². The number of nitrogens with one attached hydrogen (secondary N) is 1. The second-order valence-electron chi connectivity index (χ2n) is 8.54. The zero-order valence-electron chi connectivity index (χ0n) is 17.6. The molecule has 1 aliphatic heterocycles. The van der Waals surface area contributed by atoms with E-state index in [2.05, 4.69) is 31.9 Å². The molecule has 2 aromatic rings. The average Bonchev–Trinajstić information content (AvgIpc) is 2.88. The summed E-state index contributed by atoms with van der Waals surface area (Å²) in [6.45, 7) is 0. The lowest BCUT2D eigenvalue weighted by Gasteiger charge is -2.26. The minimum atomic E-state index is -6.03. The second-order valence-corrected chi connectivity index (χ2v) is 13.8. The maximum atomic E-state index is 13.6. The highest BCUT2D eigenvalue weighted by Gasteiger charge is 2.53. The van der Waals surface area contributed by atoms with Crippen LogP contribution in [0.1, 0.15) is 47.9 Å². The molecule has 0 unspecified atom stereocenters. The molecule has 6 nitrogen and oxygen atoms in total. The fourth-order valence-electron chi connectivity index (χ4n) is 4.90. The van der Waals surface area contributed by atoms with Gasteiger partial charge < -0.3 is 9.05 Å². The van der Waals surface area contributed by atoms with E-state index >= 15 is 0 Å². The summed E-state index contributed by atoms with van der Waals surface area (Å²) in [4.78, 5) is 0. The van der Waals surface area contributed by atoms with Gasteiger partial charge in [-0.2, -0.15) is 13.2 Å². The smallest absolute Gasteiger partial charge is 0.402 e. The monoisotopic (exact) mass is 643 g/mol. The standard InChI is InChI=1S/C21H19Br2F3NO5PS/c22-15-9-11-5-1-3-7-13(11)17-18-14-8-4-2-6-12(14)10-16(23)20(18)32-33(28,31-19(15)17)27-34(29,30)21(24,25)26/h9-10H,1-8H2,(H,27,28). The molecule has 0 aromatic heterocycles. The largest absolute Gasteiger partial charge is 0.526 e. The number of hydrogen-bond acceptors (Lipinski definition) is 5. The first kappa shape index (κ1) is 24.6. The number of aryl methyl sites for hydroxylation is 2. The Morgan fingerprint density at radius 2 is 1.24 bits per heavy atom. The summed E-state index contributed by atoms with van der Waals surface area (Å²) in [5.74, 6) is 0.0250. The van der Waals surface area contributed by atoms with Crippen molar-refractivity contribution in [3.05, 3.63) is 43.3 Å². The number of alkyl halides is 3. The Bertz CT molecular complexity index is 1290. The van der Waals surface area contributed by atoms with Gasteiger partial charge in [-0.25, -0.2) is 13.0 Å². The lowest BCUT2D eigenvalue weighted by molar-refractivity contribution is -0.0443. The van der Waals surface area contributed by atoms with Gasteiger partial charge in [-0.3, -0.25) is 0 Å². The van der Waals surface area contributed by atoms with Crippen LogP contribution in [0.5, 0.6) is 11.5 Å². The molecule has 184 valence electrons. The van der Waals surface area contributed by atoms with Crippen LogP contribution in [0.2, 0.25) is 0 Å². The molecule has 34 heavy (non-hydrogen) atoms. The van der Waals surface area contributed by atoms with Gasteiger partial charge in [0.1, 0.15) is 0 Å². The normalized spacial score (nSPS) is 19.0. The summed E-state index contributed by atoms with van der Waals surface area (Å²) in [5.41, 5.74) is -0.480. The summed E-state index contributed by atoms with van der Waals surface area (Å²) in [6, 6.07) is 3.59. The molecule has 3 aliphatic rings. The second kappa shape index (κ2) is 8.50. The van der Waals surface area contributed by atoms with Crippen LogP contribution in [-0.4, -0.2) is 13.9 Å². The molecule has 0 saturated carbocycles. The van der Waals surface area contributed by atoms with Crippen molar-refractivity contribution in [2.45, 2.75) is 56.9 Å². The highest BCUT2D eigenvalue weighted by molar-refractivity contribution is 9.11. The third-order valence-corrected chi connectivity index (χ3v) is 10.8. The molecule has 0 spiro atoms. The Kier molecular flexibility index (Phi) is 6.16. The van der Waals surface area contributed by atoms with E-state index < -0.39 is 23.3 Å². The van der Waals surface area contributed by atoms with Crippen LogP contribution in [0.15, 0.2) is 21.1 Å². The third kappa shape index (κ3) is 4.13. The first-order chi connectivity index (χ1) is 15.9. The highest BCUT2D eigenvalue weighted by atomic mass is 79.9. The van der Waals surface area contributed by atoms with Gasteiger partial charge in [-0.15, -0.1) is 0 Å². The SMILES string of the molecule is O=P1(NS(=O)(=O)C(F)(F)F)Oc2c(Br)cc3c(c2-c2c4c(cc(Br)c2O1)CCCC4)CCCC3. The number of sulfonamides is 1. The molecule has 5 rings (SSSR count). The molecule has 2 aliphatic carbocycles. The molecule has 1 N–H and O–H groups in total. The lowest BCUT2D eigenvalue weighted by Crippen LogP contribution is -2.36. The molecule has 0 saturated heterocycles. The first-order valence-electron chi connectivity index (χ1n) is 10.7. The van der Waals surface area contributed by atoms with Crippen molar-refractivity contribution in [1.29, 1.82) is 0 Å². The predicted molar refractivity (Wildman–Crippen MR) is 128 cm³/mol. The van der Waals surface area contributed by atoms with E-state index in [1.165, 1.54) is 0 Å². The molecular formula is C21H19Br2F3NO5PS. The van der Waals surface area contributed by atoms with Crippen molar-refractivity contribution in [2.75, 3.05) is 0 Å². The zero-order chi connectivity index (χ0) is 24.5. The van der Waals surface area contributed by atoms with E-state index in [0.717, 1.165) is 65.3 Å².